The van der Waals surface area contributed by atoms with Gasteiger partial charge in [0.15, 0.2) is 0 Å². The molecule has 21 heavy (non-hydrogen) atoms. The van der Waals surface area contributed by atoms with E-state index in [1.54, 1.807) is 35.0 Å². The van der Waals surface area contributed by atoms with E-state index >= 15 is 0 Å². The lowest BCUT2D eigenvalue weighted by Crippen LogP contribution is -2.35. The second-order valence-electron chi connectivity index (χ2n) is 5.95. The van der Waals surface area contributed by atoms with Crippen LogP contribution in [0.25, 0.3) is 0 Å². The summed E-state index contributed by atoms with van der Waals surface area (Å²) in [7, 11) is 0. The van der Waals surface area contributed by atoms with Crippen molar-refractivity contribution in [1.82, 2.24) is 9.88 Å². The molecule has 1 aliphatic rings. The normalized spacial score (nSPS) is 18.4. The highest BCUT2D eigenvalue weighted by atomic mass is 32.2. The van der Waals surface area contributed by atoms with Gasteiger partial charge >= 0.3 is 6.09 Å². The van der Waals surface area contributed by atoms with Crippen LogP contribution in [0, 0.1) is 11.3 Å². The number of amides is 1. The maximum atomic E-state index is 12.0. The summed E-state index contributed by atoms with van der Waals surface area (Å²) in [6, 6.07) is 5.57. The monoisotopic (exact) mass is 305 g/mol. The van der Waals surface area contributed by atoms with Gasteiger partial charge in [-0.1, -0.05) is 0 Å². The molecule has 0 aliphatic carbocycles. The Kier molecular flexibility index (Phi) is 4.73. The fraction of sp³-hybridized carbons (Fsp3) is 0.533. The molecule has 0 unspecified atom stereocenters. The predicted molar refractivity (Wildman–Crippen MR) is 81.0 cm³/mol. The summed E-state index contributed by atoms with van der Waals surface area (Å²) < 4.78 is 5.38. The van der Waals surface area contributed by atoms with Gasteiger partial charge in [0.2, 0.25) is 0 Å². The summed E-state index contributed by atoms with van der Waals surface area (Å²) in [6.45, 7) is 6.95. The molecule has 0 spiro atoms. The molecule has 112 valence electrons. The first-order chi connectivity index (χ1) is 9.87. The molecule has 5 nitrogen and oxygen atoms in total. The molecule has 0 N–H and O–H groups in total. The van der Waals surface area contributed by atoms with E-state index in [0.717, 1.165) is 11.4 Å². The zero-order valence-electron chi connectivity index (χ0n) is 12.5. The van der Waals surface area contributed by atoms with E-state index in [4.69, 9.17) is 10.00 Å². The number of aromatic nitrogens is 1. The maximum absolute atomic E-state index is 12.0. The van der Waals surface area contributed by atoms with E-state index in [0.29, 0.717) is 23.9 Å². The fourth-order valence-electron chi connectivity index (χ4n) is 2.03. The number of pyridine rings is 1. The number of likely N-dealkylation sites (tertiary alicyclic amines) is 1. The van der Waals surface area contributed by atoms with Crippen molar-refractivity contribution in [2.45, 2.75) is 43.1 Å². The molecule has 0 saturated carbocycles. The molecule has 1 aliphatic heterocycles. The largest absolute Gasteiger partial charge is 0.444 e. The van der Waals surface area contributed by atoms with Gasteiger partial charge < -0.3 is 9.64 Å². The van der Waals surface area contributed by atoms with Crippen molar-refractivity contribution >= 4 is 17.9 Å². The highest BCUT2D eigenvalue weighted by Crippen LogP contribution is 2.29. The van der Waals surface area contributed by atoms with E-state index in [1.807, 2.05) is 20.8 Å². The molecule has 1 aromatic rings. The second kappa shape index (κ2) is 6.35. The van der Waals surface area contributed by atoms with Crippen molar-refractivity contribution < 1.29 is 9.53 Å². The predicted octanol–water partition coefficient (Wildman–Crippen LogP) is 3.05. The molecule has 1 aromatic heterocycles. The average molecular weight is 305 g/mol. The first-order valence-electron chi connectivity index (χ1n) is 6.88. The third kappa shape index (κ3) is 4.64. The zero-order chi connectivity index (χ0) is 15.5. The summed E-state index contributed by atoms with van der Waals surface area (Å²) in [4.78, 5) is 18.0. The molecular weight excluding hydrogens is 286 g/mol. The van der Waals surface area contributed by atoms with Crippen molar-refractivity contribution in [2.75, 3.05) is 13.1 Å². The van der Waals surface area contributed by atoms with Gasteiger partial charge in [-0.15, -0.1) is 11.8 Å². The molecule has 0 radical (unpaired) electrons. The number of carbonyl (C=O) groups excluding carboxylic acids is 1. The molecule has 0 bridgehead atoms. The van der Waals surface area contributed by atoms with E-state index < -0.39 is 5.60 Å². The Morgan fingerprint density at radius 2 is 2.33 bits per heavy atom. The number of ether oxygens (including phenoxy) is 1. The van der Waals surface area contributed by atoms with Crippen LogP contribution < -0.4 is 0 Å². The van der Waals surface area contributed by atoms with Crippen molar-refractivity contribution in [3.05, 3.63) is 23.9 Å². The van der Waals surface area contributed by atoms with Gasteiger partial charge in [0, 0.05) is 24.5 Å². The molecule has 2 heterocycles. The smallest absolute Gasteiger partial charge is 0.410 e. The van der Waals surface area contributed by atoms with Crippen molar-refractivity contribution in [3.8, 4) is 6.07 Å². The van der Waals surface area contributed by atoms with Gasteiger partial charge in [-0.05, 0) is 39.3 Å². The quantitative estimate of drug-likeness (QED) is 0.840. The second-order valence-corrected chi connectivity index (χ2v) is 7.27. The SMILES string of the molecule is CC(C)(C)OC(=O)N1CC[C@@H](Sc2cc(C#N)ccn2)C1. The molecule has 1 fully saturated rings. The summed E-state index contributed by atoms with van der Waals surface area (Å²) >= 11 is 1.61. The summed E-state index contributed by atoms with van der Waals surface area (Å²) in [5.41, 5.74) is 0.139. The van der Waals surface area contributed by atoms with Crippen LogP contribution in [-0.4, -0.2) is 39.9 Å². The lowest BCUT2D eigenvalue weighted by molar-refractivity contribution is 0.0295. The molecule has 1 atom stereocenters. The Morgan fingerprint density at radius 3 is 3.00 bits per heavy atom. The molecule has 1 saturated heterocycles. The number of hydrogen-bond donors (Lipinski definition) is 0. The first-order valence-corrected chi connectivity index (χ1v) is 7.76. The molecule has 1 amide bonds. The summed E-state index contributed by atoms with van der Waals surface area (Å²) in [5, 5.41) is 10.0. The van der Waals surface area contributed by atoms with Gasteiger partial charge in [0.1, 0.15) is 5.60 Å². The van der Waals surface area contributed by atoms with Crippen LogP contribution in [0.2, 0.25) is 0 Å². The van der Waals surface area contributed by atoms with Gasteiger partial charge in [0.25, 0.3) is 0 Å². The minimum absolute atomic E-state index is 0.260. The Balaban J connectivity index is 1.91. The fourth-order valence-corrected chi connectivity index (χ4v) is 3.17. The Morgan fingerprint density at radius 1 is 1.57 bits per heavy atom. The van der Waals surface area contributed by atoms with Gasteiger partial charge in [-0.25, -0.2) is 9.78 Å². The van der Waals surface area contributed by atoms with Crippen LogP contribution in [0.1, 0.15) is 32.8 Å². The molecular formula is C15H19N3O2S. The highest BCUT2D eigenvalue weighted by molar-refractivity contribution is 7.99. The molecule has 2 rings (SSSR count). The summed E-state index contributed by atoms with van der Waals surface area (Å²) in [6.07, 6.45) is 2.29. The van der Waals surface area contributed by atoms with Gasteiger partial charge in [-0.3, -0.25) is 0 Å². The number of carbonyl (C=O) groups is 1. The minimum Gasteiger partial charge on any atom is -0.444 e. The third-order valence-electron chi connectivity index (χ3n) is 2.95. The number of nitrogens with zero attached hydrogens (tertiary/aromatic N) is 3. The zero-order valence-corrected chi connectivity index (χ0v) is 13.3. The van der Waals surface area contributed by atoms with Crippen LogP contribution >= 0.6 is 11.8 Å². The van der Waals surface area contributed by atoms with Crippen molar-refractivity contribution in [2.24, 2.45) is 0 Å². The summed E-state index contributed by atoms with van der Waals surface area (Å²) in [5.74, 6) is 0. The maximum Gasteiger partial charge on any atom is 0.410 e. The van der Waals surface area contributed by atoms with E-state index in [1.165, 1.54) is 0 Å². The van der Waals surface area contributed by atoms with Gasteiger partial charge in [0.05, 0.1) is 16.7 Å². The van der Waals surface area contributed by atoms with Crippen LogP contribution in [-0.2, 0) is 4.74 Å². The lowest BCUT2D eigenvalue weighted by Gasteiger charge is -2.24. The van der Waals surface area contributed by atoms with E-state index in [9.17, 15) is 4.79 Å². The number of thioether (sulfide) groups is 1. The Hall–Kier alpha value is -1.74. The van der Waals surface area contributed by atoms with Crippen LogP contribution in [0.5, 0.6) is 0 Å². The van der Waals surface area contributed by atoms with Gasteiger partial charge in [-0.2, -0.15) is 5.26 Å². The average Bonchev–Trinajstić information content (AvgIpc) is 2.85. The molecule has 6 heteroatoms. The number of hydrogen-bond acceptors (Lipinski definition) is 5. The Labute approximate surface area is 129 Å². The Bertz CT molecular complexity index is 563. The number of rotatable bonds is 2. The molecule has 0 aromatic carbocycles. The van der Waals surface area contributed by atoms with Crippen molar-refractivity contribution in [3.63, 3.8) is 0 Å². The van der Waals surface area contributed by atoms with E-state index in [2.05, 4.69) is 11.1 Å². The third-order valence-corrected chi connectivity index (χ3v) is 4.13. The van der Waals surface area contributed by atoms with Crippen LogP contribution in [0.4, 0.5) is 4.79 Å². The lowest BCUT2D eigenvalue weighted by atomic mass is 10.2. The minimum atomic E-state index is -0.467. The van der Waals surface area contributed by atoms with Crippen LogP contribution in [0.3, 0.4) is 0 Å². The van der Waals surface area contributed by atoms with Crippen molar-refractivity contribution in [1.29, 1.82) is 5.26 Å². The standard InChI is InChI=1S/C15H19N3O2S/c1-15(2,3)20-14(19)18-7-5-12(10-18)21-13-8-11(9-16)4-6-17-13/h4,6,8,12H,5,7,10H2,1-3H3/t12-/m1/s1. The highest BCUT2D eigenvalue weighted by Gasteiger charge is 2.30. The van der Waals surface area contributed by atoms with E-state index in [-0.39, 0.29) is 6.09 Å². The number of nitriles is 1. The van der Waals surface area contributed by atoms with Crippen LogP contribution in [0.15, 0.2) is 23.4 Å². The topological polar surface area (TPSA) is 66.2 Å². The first kappa shape index (κ1) is 15.6.